The van der Waals surface area contributed by atoms with Gasteiger partial charge in [0.1, 0.15) is 6.07 Å². The number of nitrogens with one attached hydrogen (secondary N) is 1. The number of rotatable bonds is 3. The first kappa shape index (κ1) is 12.1. The minimum absolute atomic E-state index is 0.293. The molecule has 3 nitrogen and oxygen atoms in total. The summed E-state index contributed by atoms with van der Waals surface area (Å²) in [6.07, 6.45) is 3.57. The highest BCUT2D eigenvalue weighted by Gasteiger charge is 2.06. The fourth-order valence-corrected chi connectivity index (χ4v) is 1.79. The molecule has 0 atom stereocenters. The number of hydrogen-bond acceptors (Lipinski definition) is 3. The summed E-state index contributed by atoms with van der Waals surface area (Å²) in [5.74, 6) is 0. The van der Waals surface area contributed by atoms with Gasteiger partial charge in [-0.1, -0.05) is 12.1 Å². The zero-order valence-electron chi connectivity index (χ0n) is 10.5. The van der Waals surface area contributed by atoms with E-state index in [1.54, 1.807) is 6.20 Å². The van der Waals surface area contributed by atoms with Crippen molar-refractivity contribution >= 4 is 5.69 Å². The van der Waals surface area contributed by atoms with Gasteiger partial charge in [0, 0.05) is 24.0 Å². The fraction of sp³-hybridized carbons (Fsp3) is 0.200. The van der Waals surface area contributed by atoms with E-state index in [1.807, 2.05) is 36.5 Å². The number of hydrogen-bond donors (Lipinski definition) is 1. The topological polar surface area (TPSA) is 48.7 Å². The number of benzene rings is 1. The van der Waals surface area contributed by atoms with E-state index in [-0.39, 0.29) is 0 Å². The molecule has 1 heterocycles. The standard InChI is InChI=1S/C15H15N3/c1-11(2)18-15-8-12(5-6-13(15)9-16)14-4-3-7-17-10-14/h3-8,10-11,18H,1-2H3. The van der Waals surface area contributed by atoms with Gasteiger partial charge in [0.05, 0.1) is 11.3 Å². The highest BCUT2D eigenvalue weighted by Crippen LogP contribution is 2.25. The third kappa shape index (κ3) is 2.67. The fourth-order valence-electron chi connectivity index (χ4n) is 1.79. The predicted octanol–water partition coefficient (Wildman–Crippen LogP) is 3.44. The van der Waals surface area contributed by atoms with Crippen LogP contribution in [0.15, 0.2) is 42.7 Å². The summed E-state index contributed by atoms with van der Waals surface area (Å²) in [5, 5.41) is 12.4. The van der Waals surface area contributed by atoms with Gasteiger partial charge in [-0.05, 0) is 37.6 Å². The maximum Gasteiger partial charge on any atom is 0.101 e. The van der Waals surface area contributed by atoms with Gasteiger partial charge in [0.2, 0.25) is 0 Å². The van der Waals surface area contributed by atoms with E-state index >= 15 is 0 Å². The molecule has 0 fully saturated rings. The monoisotopic (exact) mass is 237 g/mol. The summed E-state index contributed by atoms with van der Waals surface area (Å²) < 4.78 is 0. The maximum atomic E-state index is 9.09. The molecule has 1 aromatic carbocycles. The SMILES string of the molecule is CC(C)Nc1cc(-c2cccnc2)ccc1C#N. The van der Waals surface area contributed by atoms with Gasteiger partial charge in [-0.25, -0.2) is 0 Å². The largest absolute Gasteiger partial charge is 0.382 e. The minimum atomic E-state index is 0.293. The van der Waals surface area contributed by atoms with Crippen molar-refractivity contribution in [2.24, 2.45) is 0 Å². The smallest absolute Gasteiger partial charge is 0.101 e. The molecule has 0 aliphatic heterocycles. The van der Waals surface area contributed by atoms with E-state index in [4.69, 9.17) is 5.26 Å². The predicted molar refractivity (Wildman–Crippen MR) is 73.1 cm³/mol. The molecule has 0 radical (unpaired) electrons. The van der Waals surface area contributed by atoms with E-state index < -0.39 is 0 Å². The Morgan fingerprint density at radius 3 is 2.67 bits per heavy atom. The Morgan fingerprint density at radius 2 is 2.06 bits per heavy atom. The van der Waals surface area contributed by atoms with Crippen LogP contribution in [0, 0.1) is 11.3 Å². The lowest BCUT2D eigenvalue weighted by molar-refractivity contribution is 0.899. The van der Waals surface area contributed by atoms with Gasteiger partial charge in [-0.2, -0.15) is 5.26 Å². The second-order valence-electron chi connectivity index (χ2n) is 4.41. The molecule has 0 unspecified atom stereocenters. The van der Waals surface area contributed by atoms with Gasteiger partial charge >= 0.3 is 0 Å². The zero-order valence-corrected chi connectivity index (χ0v) is 10.5. The van der Waals surface area contributed by atoms with E-state index in [0.717, 1.165) is 16.8 Å². The van der Waals surface area contributed by atoms with Crippen molar-refractivity contribution in [1.82, 2.24) is 4.98 Å². The minimum Gasteiger partial charge on any atom is -0.382 e. The Morgan fingerprint density at radius 1 is 1.22 bits per heavy atom. The van der Waals surface area contributed by atoms with Crippen molar-refractivity contribution in [3.63, 3.8) is 0 Å². The Labute approximate surface area is 107 Å². The molecule has 2 rings (SSSR count). The third-order valence-corrected chi connectivity index (χ3v) is 2.58. The van der Waals surface area contributed by atoms with Crippen molar-refractivity contribution in [3.05, 3.63) is 48.3 Å². The average Bonchev–Trinajstić information content (AvgIpc) is 2.39. The van der Waals surface area contributed by atoms with Gasteiger partial charge < -0.3 is 5.32 Å². The quantitative estimate of drug-likeness (QED) is 0.889. The molecule has 3 heteroatoms. The number of pyridine rings is 1. The molecule has 18 heavy (non-hydrogen) atoms. The van der Waals surface area contributed by atoms with E-state index in [2.05, 4.69) is 30.2 Å². The van der Waals surface area contributed by atoms with Crippen LogP contribution in [0.1, 0.15) is 19.4 Å². The van der Waals surface area contributed by atoms with Crippen LogP contribution >= 0.6 is 0 Å². The van der Waals surface area contributed by atoms with Crippen molar-refractivity contribution in [2.45, 2.75) is 19.9 Å². The van der Waals surface area contributed by atoms with Crippen LogP contribution in [-0.4, -0.2) is 11.0 Å². The maximum absolute atomic E-state index is 9.09. The Balaban J connectivity index is 2.43. The lowest BCUT2D eigenvalue weighted by Crippen LogP contribution is -2.10. The van der Waals surface area contributed by atoms with Crippen molar-refractivity contribution in [1.29, 1.82) is 5.26 Å². The van der Waals surface area contributed by atoms with Crippen LogP contribution in [0.2, 0.25) is 0 Å². The first-order valence-electron chi connectivity index (χ1n) is 5.92. The molecular formula is C15H15N3. The second kappa shape index (κ2) is 5.33. The second-order valence-corrected chi connectivity index (χ2v) is 4.41. The van der Waals surface area contributed by atoms with Crippen molar-refractivity contribution < 1.29 is 0 Å². The average molecular weight is 237 g/mol. The van der Waals surface area contributed by atoms with Gasteiger partial charge in [0.15, 0.2) is 0 Å². The van der Waals surface area contributed by atoms with Crippen molar-refractivity contribution in [2.75, 3.05) is 5.32 Å². The molecule has 0 bridgehead atoms. The molecule has 0 spiro atoms. The molecule has 0 amide bonds. The summed E-state index contributed by atoms with van der Waals surface area (Å²) in [5.41, 5.74) is 3.64. The highest BCUT2D eigenvalue weighted by atomic mass is 14.9. The first-order chi connectivity index (χ1) is 8.70. The Kier molecular flexibility index (Phi) is 3.59. The molecule has 2 aromatic rings. The van der Waals surface area contributed by atoms with Crippen LogP contribution in [-0.2, 0) is 0 Å². The summed E-state index contributed by atoms with van der Waals surface area (Å²) >= 11 is 0. The van der Waals surface area contributed by atoms with Crippen molar-refractivity contribution in [3.8, 4) is 17.2 Å². The van der Waals surface area contributed by atoms with E-state index in [0.29, 0.717) is 11.6 Å². The molecule has 1 N–H and O–H groups in total. The summed E-state index contributed by atoms with van der Waals surface area (Å²) in [7, 11) is 0. The molecule has 0 saturated carbocycles. The summed E-state index contributed by atoms with van der Waals surface area (Å²) in [6, 6.07) is 12.2. The van der Waals surface area contributed by atoms with E-state index in [9.17, 15) is 0 Å². The lowest BCUT2D eigenvalue weighted by atomic mass is 10.0. The van der Waals surface area contributed by atoms with Gasteiger partial charge in [0.25, 0.3) is 0 Å². The first-order valence-corrected chi connectivity index (χ1v) is 5.92. The zero-order chi connectivity index (χ0) is 13.0. The summed E-state index contributed by atoms with van der Waals surface area (Å²) in [6.45, 7) is 4.11. The Bertz CT molecular complexity index is 568. The number of aromatic nitrogens is 1. The lowest BCUT2D eigenvalue weighted by Gasteiger charge is -2.13. The Hall–Kier alpha value is -2.34. The third-order valence-electron chi connectivity index (χ3n) is 2.58. The van der Waals surface area contributed by atoms with Gasteiger partial charge in [-0.3, -0.25) is 4.98 Å². The van der Waals surface area contributed by atoms with E-state index in [1.165, 1.54) is 0 Å². The normalized spacial score (nSPS) is 10.1. The number of nitriles is 1. The van der Waals surface area contributed by atoms with Crippen LogP contribution < -0.4 is 5.32 Å². The summed E-state index contributed by atoms with van der Waals surface area (Å²) in [4.78, 5) is 4.11. The highest BCUT2D eigenvalue weighted by molar-refractivity contribution is 5.71. The van der Waals surface area contributed by atoms with Crippen LogP contribution in [0.5, 0.6) is 0 Å². The van der Waals surface area contributed by atoms with Crippen LogP contribution in [0.4, 0.5) is 5.69 Å². The van der Waals surface area contributed by atoms with Crippen LogP contribution in [0.3, 0.4) is 0 Å². The molecular weight excluding hydrogens is 222 g/mol. The van der Waals surface area contributed by atoms with Gasteiger partial charge in [-0.15, -0.1) is 0 Å². The molecule has 0 aliphatic rings. The number of anilines is 1. The molecule has 90 valence electrons. The molecule has 1 aromatic heterocycles. The molecule has 0 saturated heterocycles. The molecule has 0 aliphatic carbocycles. The number of nitrogens with zero attached hydrogens (tertiary/aromatic N) is 2. The van der Waals surface area contributed by atoms with Crippen LogP contribution in [0.25, 0.3) is 11.1 Å².